The molecule has 126 valence electrons. The summed E-state index contributed by atoms with van der Waals surface area (Å²) in [5, 5.41) is 8.11. The van der Waals surface area contributed by atoms with Crippen LogP contribution in [0.5, 0.6) is 5.75 Å². The summed E-state index contributed by atoms with van der Waals surface area (Å²) >= 11 is 1.67. The van der Waals surface area contributed by atoms with Gasteiger partial charge in [-0.05, 0) is 36.3 Å². The van der Waals surface area contributed by atoms with E-state index in [-0.39, 0.29) is 29.7 Å². The van der Waals surface area contributed by atoms with Crippen LogP contribution in [0.1, 0.15) is 41.8 Å². The first-order valence-electron chi connectivity index (χ1n) is 8.24. The summed E-state index contributed by atoms with van der Waals surface area (Å²) in [6.45, 7) is 0.399. The van der Waals surface area contributed by atoms with Gasteiger partial charge in [0.1, 0.15) is 0 Å². The first-order valence-corrected chi connectivity index (χ1v) is 9.12. The molecule has 1 aromatic carbocycles. The van der Waals surface area contributed by atoms with Crippen molar-refractivity contribution in [1.29, 1.82) is 0 Å². The second kappa shape index (κ2) is 6.43. The van der Waals surface area contributed by atoms with E-state index < -0.39 is 0 Å². The Morgan fingerprint density at radius 1 is 1.25 bits per heavy atom. The number of rotatable bonds is 4. The minimum absolute atomic E-state index is 0.0665. The van der Waals surface area contributed by atoms with Gasteiger partial charge in [-0.2, -0.15) is 0 Å². The molecule has 2 atom stereocenters. The van der Waals surface area contributed by atoms with Crippen molar-refractivity contribution in [2.75, 3.05) is 6.61 Å². The Kier molecular flexibility index (Phi) is 4.14. The van der Waals surface area contributed by atoms with Crippen molar-refractivity contribution in [2.45, 2.75) is 31.3 Å². The van der Waals surface area contributed by atoms with Crippen LogP contribution >= 0.6 is 11.3 Å². The fraction of sp³-hybridized carbons (Fsp3) is 0.389. The summed E-state index contributed by atoms with van der Waals surface area (Å²) in [6, 6.07) is 8.53. The van der Waals surface area contributed by atoms with Gasteiger partial charge in [-0.25, -0.2) is 9.18 Å². The Bertz CT molecular complexity index is 731. The fourth-order valence-electron chi connectivity index (χ4n) is 3.20. The smallest absolute Gasteiger partial charge is 0.315 e. The third-order valence-corrected chi connectivity index (χ3v) is 5.52. The van der Waals surface area contributed by atoms with E-state index in [0.717, 1.165) is 12.8 Å². The molecule has 0 spiro atoms. The Hall–Kier alpha value is -2.08. The summed E-state index contributed by atoms with van der Waals surface area (Å²) in [5.41, 5.74) is 0.704. The van der Waals surface area contributed by atoms with Crippen LogP contribution in [0.25, 0.3) is 0 Å². The largest absolute Gasteiger partial charge is 0.490 e. The first-order chi connectivity index (χ1) is 11.7. The molecule has 2 N–H and O–H groups in total. The molecule has 1 fully saturated rings. The van der Waals surface area contributed by atoms with Crippen molar-refractivity contribution in [3.8, 4) is 5.75 Å². The minimum Gasteiger partial charge on any atom is -0.490 e. The normalized spacial score (nSPS) is 20.6. The van der Waals surface area contributed by atoms with E-state index in [9.17, 15) is 9.18 Å². The van der Waals surface area contributed by atoms with Gasteiger partial charge >= 0.3 is 6.03 Å². The van der Waals surface area contributed by atoms with Gasteiger partial charge in [0, 0.05) is 16.9 Å². The lowest BCUT2D eigenvalue weighted by Crippen LogP contribution is -2.41. The van der Waals surface area contributed by atoms with Gasteiger partial charge < -0.3 is 15.4 Å². The van der Waals surface area contributed by atoms with E-state index in [1.54, 1.807) is 23.5 Å². The lowest BCUT2D eigenvalue weighted by atomic mass is 10.0. The average Bonchev–Trinajstić information content (AvgIpc) is 3.27. The zero-order chi connectivity index (χ0) is 16.5. The Morgan fingerprint density at radius 2 is 2.12 bits per heavy atom. The molecule has 24 heavy (non-hydrogen) atoms. The van der Waals surface area contributed by atoms with Crippen molar-refractivity contribution in [1.82, 2.24) is 10.6 Å². The molecule has 4 rings (SSSR count). The Balaban J connectivity index is 1.46. The first kappa shape index (κ1) is 15.4. The molecule has 2 heterocycles. The Morgan fingerprint density at radius 3 is 2.88 bits per heavy atom. The van der Waals surface area contributed by atoms with Crippen LogP contribution in [0, 0.1) is 11.7 Å². The molecule has 1 aliphatic heterocycles. The second-order valence-corrected chi connectivity index (χ2v) is 7.28. The number of ether oxygens (including phenoxy) is 1. The number of amides is 2. The van der Waals surface area contributed by atoms with Gasteiger partial charge in [-0.1, -0.05) is 18.2 Å². The number of hydrogen-bond donors (Lipinski definition) is 2. The highest BCUT2D eigenvalue weighted by molar-refractivity contribution is 7.10. The molecule has 1 aromatic heterocycles. The number of carbonyl (C=O) groups excluding carboxylic acids is 1. The highest BCUT2D eigenvalue weighted by atomic mass is 32.1. The van der Waals surface area contributed by atoms with Crippen molar-refractivity contribution >= 4 is 17.4 Å². The van der Waals surface area contributed by atoms with E-state index in [2.05, 4.69) is 16.7 Å². The standard InChI is InChI=1S/C18H19FN2O2S/c19-13-4-1-3-12-14(8-9-23-17(12)13)20-18(22)21-16(11-6-7-11)15-5-2-10-24-15/h1-5,10-11,14,16H,6-9H2,(H2,20,21,22)/t14-,16?/m1/s1. The second-order valence-electron chi connectivity index (χ2n) is 6.30. The number of halogens is 1. The molecule has 1 aliphatic carbocycles. The zero-order valence-corrected chi connectivity index (χ0v) is 13.9. The summed E-state index contributed by atoms with van der Waals surface area (Å²) in [5.74, 6) is 0.397. The summed E-state index contributed by atoms with van der Waals surface area (Å²) in [4.78, 5) is 13.7. The van der Waals surface area contributed by atoms with Gasteiger partial charge in [-0.15, -0.1) is 11.3 Å². The summed E-state index contributed by atoms with van der Waals surface area (Å²) in [7, 11) is 0. The molecule has 2 amide bonds. The number of thiophene rings is 1. The number of para-hydroxylation sites is 1. The topological polar surface area (TPSA) is 50.4 Å². The van der Waals surface area contributed by atoms with Gasteiger partial charge in [0.2, 0.25) is 0 Å². The van der Waals surface area contributed by atoms with E-state index in [1.807, 2.05) is 11.4 Å². The number of carbonyl (C=O) groups is 1. The quantitative estimate of drug-likeness (QED) is 0.873. The SMILES string of the molecule is O=C(NC(c1cccs1)C1CC1)N[C@@H]1CCOc2c(F)cccc21. The number of benzene rings is 1. The molecule has 0 saturated heterocycles. The van der Waals surface area contributed by atoms with E-state index in [4.69, 9.17) is 4.74 Å². The van der Waals surface area contributed by atoms with Crippen LogP contribution in [0.3, 0.4) is 0 Å². The maximum atomic E-state index is 13.8. The molecule has 1 unspecified atom stereocenters. The lowest BCUT2D eigenvalue weighted by molar-refractivity contribution is 0.216. The van der Waals surface area contributed by atoms with Crippen molar-refractivity contribution < 1.29 is 13.9 Å². The monoisotopic (exact) mass is 346 g/mol. The van der Waals surface area contributed by atoms with Crippen LogP contribution in [0.2, 0.25) is 0 Å². The van der Waals surface area contributed by atoms with Crippen LogP contribution in [0.4, 0.5) is 9.18 Å². The van der Waals surface area contributed by atoms with E-state index >= 15 is 0 Å². The minimum atomic E-state index is -0.381. The maximum Gasteiger partial charge on any atom is 0.315 e. The molecule has 4 nitrogen and oxygen atoms in total. The number of urea groups is 1. The predicted octanol–water partition coefficient (Wildman–Crippen LogP) is 4.16. The predicted molar refractivity (Wildman–Crippen MR) is 90.7 cm³/mol. The molecule has 2 aromatic rings. The van der Waals surface area contributed by atoms with Crippen molar-refractivity contribution in [3.05, 3.63) is 52.0 Å². The molecule has 1 saturated carbocycles. The van der Waals surface area contributed by atoms with E-state index in [1.165, 1.54) is 10.9 Å². The van der Waals surface area contributed by atoms with Gasteiger partial charge in [0.05, 0.1) is 18.7 Å². The molecular formula is C18H19FN2O2S. The van der Waals surface area contributed by atoms with Crippen LogP contribution in [-0.4, -0.2) is 12.6 Å². The average molecular weight is 346 g/mol. The van der Waals surface area contributed by atoms with Gasteiger partial charge in [0.25, 0.3) is 0 Å². The lowest BCUT2D eigenvalue weighted by Gasteiger charge is -2.28. The van der Waals surface area contributed by atoms with Crippen molar-refractivity contribution in [2.24, 2.45) is 5.92 Å². The van der Waals surface area contributed by atoms with Gasteiger partial charge in [0.15, 0.2) is 11.6 Å². The van der Waals surface area contributed by atoms with Crippen LogP contribution in [-0.2, 0) is 0 Å². The third kappa shape index (κ3) is 3.11. The van der Waals surface area contributed by atoms with E-state index in [0.29, 0.717) is 24.5 Å². The van der Waals surface area contributed by atoms with Gasteiger partial charge in [-0.3, -0.25) is 0 Å². The zero-order valence-electron chi connectivity index (χ0n) is 13.1. The van der Waals surface area contributed by atoms with Crippen LogP contribution in [0.15, 0.2) is 35.7 Å². The third-order valence-electron chi connectivity index (χ3n) is 4.56. The number of hydrogen-bond acceptors (Lipinski definition) is 3. The number of fused-ring (bicyclic) bond motifs is 1. The Labute approximate surface area is 144 Å². The fourth-order valence-corrected chi connectivity index (χ4v) is 4.07. The molecule has 0 bridgehead atoms. The maximum absolute atomic E-state index is 13.8. The summed E-state index contributed by atoms with van der Waals surface area (Å²) < 4.78 is 19.2. The highest BCUT2D eigenvalue weighted by Gasteiger charge is 2.34. The van der Waals surface area contributed by atoms with Crippen molar-refractivity contribution in [3.63, 3.8) is 0 Å². The molecular weight excluding hydrogens is 327 g/mol. The number of nitrogens with one attached hydrogen (secondary N) is 2. The van der Waals surface area contributed by atoms with Crippen LogP contribution < -0.4 is 15.4 Å². The molecule has 2 aliphatic rings. The molecule has 0 radical (unpaired) electrons. The summed E-state index contributed by atoms with van der Waals surface area (Å²) in [6.07, 6.45) is 2.93. The molecule has 6 heteroatoms. The highest BCUT2D eigenvalue weighted by Crippen LogP contribution is 2.42.